The van der Waals surface area contributed by atoms with E-state index in [2.05, 4.69) is 35.9 Å². The third kappa shape index (κ3) is 3.91. The van der Waals surface area contributed by atoms with Crippen molar-refractivity contribution in [3.8, 4) is 17.2 Å². The number of likely N-dealkylation sites (tertiary alicyclic amines) is 1. The highest BCUT2D eigenvalue weighted by Crippen LogP contribution is 2.30. The predicted octanol–water partition coefficient (Wildman–Crippen LogP) is 3.58. The summed E-state index contributed by atoms with van der Waals surface area (Å²) < 4.78 is 11.1. The Hall–Kier alpha value is -1.88. The zero-order chi connectivity index (χ0) is 16.4. The molecule has 0 radical (unpaired) electrons. The highest BCUT2D eigenvalue weighted by atomic mass is 16.5. The number of rotatable bonds is 4. The van der Waals surface area contributed by atoms with Crippen molar-refractivity contribution in [1.82, 2.24) is 15.1 Å². The summed E-state index contributed by atoms with van der Waals surface area (Å²) in [6.07, 6.45) is 1.08. The molecule has 5 heteroatoms. The maximum Gasteiger partial charge on any atom is 0.247 e. The Labute approximate surface area is 137 Å². The van der Waals surface area contributed by atoms with Crippen LogP contribution >= 0.6 is 0 Å². The minimum atomic E-state index is 0.317. The van der Waals surface area contributed by atoms with Gasteiger partial charge in [-0.3, -0.25) is 0 Å². The van der Waals surface area contributed by atoms with Gasteiger partial charge in [-0.25, -0.2) is 0 Å². The fourth-order valence-corrected chi connectivity index (χ4v) is 3.10. The molecule has 1 saturated heterocycles. The first-order valence-corrected chi connectivity index (χ1v) is 8.15. The Bertz CT molecular complexity index is 643. The molecule has 1 atom stereocenters. The SMILES string of the molecule is COc1ccc(-c2nnc(C3CCN(CC(C)(C)C)C3)o2)cc1. The maximum atomic E-state index is 5.92. The molecule has 2 aromatic rings. The summed E-state index contributed by atoms with van der Waals surface area (Å²) in [6.45, 7) is 10.0. The van der Waals surface area contributed by atoms with Crippen molar-refractivity contribution in [3.63, 3.8) is 0 Å². The van der Waals surface area contributed by atoms with E-state index in [0.29, 0.717) is 17.2 Å². The molecule has 5 nitrogen and oxygen atoms in total. The van der Waals surface area contributed by atoms with Gasteiger partial charge in [0.25, 0.3) is 0 Å². The molecule has 0 bridgehead atoms. The Morgan fingerprint density at radius 3 is 2.61 bits per heavy atom. The number of benzene rings is 1. The molecule has 3 rings (SSSR count). The van der Waals surface area contributed by atoms with Crippen molar-refractivity contribution < 1.29 is 9.15 Å². The molecule has 2 heterocycles. The lowest BCUT2D eigenvalue weighted by Gasteiger charge is -2.25. The van der Waals surface area contributed by atoms with Gasteiger partial charge < -0.3 is 14.1 Å². The van der Waals surface area contributed by atoms with Gasteiger partial charge in [-0.1, -0.05) is 20.8 Å². The second-order valence-corrected chi connectivity index (χ2v) is 7.46. The van der Waals surface area contributed by atoms with E-state index in [9.17, 15) is 0 Å². The number of aromatic nitrogens is 2. The second-order valence-electron chi connectivity index (χ2n) is 7.46. The summed E-state index contributed by atoms with van der Waals surface area (Å²) in [6, 6.07) is 7.69. The highest BCUT2D eigenvalue weighted by molar-refractivity contribution is 5.54. The van der Waals surface area contributed by atoms with Crippen molar-refractivity contribution in [2.24, 2.45) is 5.41 Å². The molecule has 1 aromatic heterocycles. The van der Waals surface area contributed by atoms with Gasteiger partial charge >= 0.3 is 0 Å². The maximum absolute atomic E-state index is 5.92. The van der Waals surface area contributed by atoms with E-state index < -0.39 is 0 Å². The molecule has 124 valence electrons. The first-order chi connectivity index (χ1) is 10.9. The molecule has 1 aliphatic heterocycles. The van der Waals surface area contributed by atoms with Crippen LogP contribution in [0, 0.1) is 5.41 Å². The molecule has 0 amide bonds. The van der Waals surface area contributed by atoms with Crippen LogP contribution in [0.1, 0.15) is 39.0 Å². The Balaban J connectivity index is 1.67. The summed E-state index contributed by atoms with van der Waals surface area (Å²) >= 11 is 0. The van der Waals surface area contributed by atoms with Crippen molar-refractivity contribution in [2.45, 2.75) is 33.1 Å². The van der Waals surface area contributed by atoms with Gasteiger partial charge in [0, 0.05) is 18.7 Å². The third-order valence-electron chi connectivity index (χ3n) is 4.10. The molecule has 0 saturated carbocycles. The molecule has 1 unspecified atom stereocenters. The zero-order valence-electron chi connectivity index (χ0n) is 14.4. The molecule has 0 aliphatic carbocycles. The Kier molecular flexibility index (Phi) is 4.39. The normalized spacial score (nSPS) is 19.2. The summed E-state index contributed by atoms with van der Waals surface area (Å²) in [4.78, 5) is 2.49. The van der Waals surface area contributed by atoms with Gasteiger partial charge in [-0.2, -0.15) is 0 Å². The minimum Gasteiger partial charge on any atom is -0.497 e. The van der Waals surface area contributed by atoms with Gasteiger partial charge in [0.1, 0.15) is 5.75 Å². The van der Waals surface area contributed by atoms with Crippen LogP contribution in [0.3, 0.4) is 0 Å². The van der Waals surface area contributed by atoms with Gasteiger partial charge in [-0.15, -0.1) is 10.2 Å². The van der Waals surface area contributed by atoms with Crippen molar-refractivity contribution >= 4 is 0 Å². The fraction of sp³-hybridized carbons (Fsp3) is 0.556. The molecule has 1 fully saturated rings. The van der Waals surface area contributed by atoms with E-state index in [1.165, 1.54) is 0 Å². The lowest BCUT2D eigenvalue weighted by molar-refractivity contribution is 0.223. The van der Waals surface area contributed by atoms with E-state index in [1.54, 1.807) is 7.11 Å². The number of hydrogen-bond donors (Lipinski definition) is 0. The molecular formula is C18H25N3O2. The summed E-state index contributed by atoms with van der Waals surface area (Å²) in [5.74, 6) is 2.50. The lowest BCUT2D eigenvalue weighted by atomic mass is 9.96. The van der Waals surface area contributed by atoms with Crippen molar-refractivity contribution in [2.75, 3.05) is 26.7 Å². The standard InChI is InChI=1S/C18H25N3O2/c1-18(2,3)12-21-10-9-14(11-21)17-20-19-16(23-17)13-5-7-15(22-4)8-6-13/h5-8,14H,9-12H2,1-4H3. The van der Waals surface area contributed by atoms with Gasteiger partial charge in [-0.05, 0) is 42.6 Å². The van der Waals surface area contributed by atoms with Crippen LogP contribution in [0.25, 0.3) is 11.5 Å². The van der Waals surface area contributed by atoms with E-state index in [0.717, 1.165) is 43.3 Å². The topological polar surface area (TPSA) is 51.4 Å². The van der Waals surface area contributed by atoms with Crippen LogP contribution in [0.2, 0.25) is 0 Å². The third-order valence-corrected chi connectivity index (χ3v) is 4.10. The van der Waals surface area contributed by atoms with Crippen LogP contribution in [0.5, 0.6) is 5.75 Å². The Morgan fingerprint density at radius 2 is 1.96 bits per heavy atom. The van der Waals surface area contributed by atoms with Gasteiger partial charge in [0.2, 0.25) is 11.8 Å². The molecule has 1 aliphatic rings. The number of ether oxygens (including phenoxy) is 1. The average molecular weight is 315 g/mol. The van der Waals surface area contributed by atoms with Gasteiger partial charge in [0.05, 0.1) is 13.0 Å². The van der Waals surface area contributed by atoms with E-state index >= 15 is 0 Å². The largest absolute Gasteiger partial charge is 0.497 e. The summed E-state index contributed by atoms with van der Waals surface area (Å²) in [5.41, 5.74) is 1.24. The van der Waals surface area contributed by atoms with Crippen LogP contribution in [-0.4, -0.2) is 41.8 Å². The number of nitrogens with zero attached hydrogens (tertiary/aromatic N) is 3. The molecule has 0 spiro atoms. The molecule has 23 heavy (non-hydrogen) atoms. The van der Waals surface area contributed by atoms with E-state index in [4.69, 9.17) is 9.15 Å². The fourth-order valence-electron chi connectivity index (χ4n) is 3.10. The quantitative estimate of drug-likeness (QED) is 0.863. The lowest BCUT2D eigenvalue weighted by Crippen LogP contribution is -2.30. The van der Waals surface area contributed by atoms with Crippen molar-refractivity contribution in [3.05, 3.63) is 30.2 Å². The summed E-state index contributed by atoms with van der Waals surface area (Å²) in [5, 5.41) is 8.48. The summed E-state index contributed by atoms with van der Waals surface area (Å²) in [7, 11) is 1.66. The monoisotopic (exact) mass is 315 g/mol. The van der Waals surface area contributed by atoms with Crippen LogP contribution in [0.4, 0.5) is 0 Å². The van der Waals surface area contributed by atoms with Crippen LogP contribution in [0.15, 0.2) is 28.7 Å². The Morgan fingerprint density at radius 1 is 1.22 bits per heavy atom. The highest BCUT2D eigenvalue weighted by Gasteiger charge is 2.30. The first-order valence-electron chi connectivity index (χ1n) is 8.15. The first kappa shape index (κ1) is 16.0. The zero-order valence-corrected chi connectivity index (χ0v) is 14.4. The van der Waals surface area contributed by atoms with Crippen LogP contribution < -0.4 is 4.74 Å². The van der Waals surface area contributed by atoms with Crippen LogP contribution in [-0.2, 0) is 0 Å². The van der Waals surface area contributed by atoms with Crippen molar-refractivity contribution in [1.29, 1.82) is 0 Å². The molecule has 1 aromatic carbocycles. The van der Waals surface area contributed by atoms with E-state index in [1.807, 2.05) is 24.3 Å². The number of methoxy groups -OCH3 is 1. The van der Waals surface area contributed by atoms with Gasteiger partial charge in [0.15, 0.2) is 0 Å². The number of hydrogen-bond acceptors (Lipinski definition) is 5. The van der Waals surface area contributed by atoms with E-state index in [-0.39, 0.29) is 0 Å². The molecule has 0 N–H and O–H groups in total. The molecular weight excluding hydrogens is 290 g/mol. The predicted molar refractivity (Wildman–Crippen MR) is 89.5 cm³/mol. The second kappa shape index (κ2) is 6.32. The smallest absolute Gasteiger partial charge is 0.247 e. The average Bonchev–Trinajstić information content (AvgIpc) is 3.14. The minimum absolute atomic E-state index is 0.317.